The lowest BCUT2D eigenvalue weighted by Crippen LogP contribution is -2.60. The van der Waals surface area contributed by atoms with Crippen LogP contribution in [0.4, 0.5) is 10.1 Å². The predicted molar refractivity (Wildman–Crippen MR) is 186 cm³/mol. The van der Waals surface area contributed by atoms with Crippen LogP contribution in [0.15, 0.2) is 84.4 Å². The maximum atomic E-state index is 14.5. The molecule has 0 aromatic heterocycles. The normalized spacial score (nSPS) is 31.5. The number of benzene rings is 3. The van der Waals surface area contributed by atoms with Crippen LogP contribution in [0.1, 0.15) is 48.3 Å². The number of allylic oxidation sites excluding steroid dienone is 2. The van der Waals surface area contributed by atoms with Gasteiger partial charge in [0.25, 0.3) is 11.8 Å². The van der Waals surface area contributed by atoms with Crippen LogP contribution in [-0.2, 0) is 25.7 Å². The number of piperidine rings is 1. The molecule has 5 aliphatic rings. The molecule has 6 unspecified atom stereocenters. The van der Waals surface area contributed by atoms with Gasteiger partial charge in [-0.15, -0.1) is 23.2 Å². The summed E-state index contributed by atoms with van der Waals surface area (Å²) < 4.78 is 13.9. The Morgan fingerprint density at radius 1 is 0.860 bits per heavy atom. The fraction of sp³-hybridized carbons (Fsp3) is 0.385. The van der Waals surface area contributed by atoms with Gasteiger partial charge in [-0.1, -0.05) is 60.2 Å². The Bertz CT molecular complexity index is 1950. The van der Waals surface area contributed by atoms with Gasteiger partial charge in [-0.05, 0) is 73.9 Å². The van der Waals surface area contributed by atoms with Crippen LogP contribution in [0, 0.1) is 30.5 Å². The number of halogens is 3. The molecule has 1 saturated carbocycles. The average molecular weight is 717 g/mol. The molecule has 3 aromatic rings. The molecule has 1 N–H and O–H groups in total. The van der Waals surface area contributed by atoms with Crippen molar-refractivity contribution in [1.29, 1.82) is 0 Å². The summed E-state index contributed by atoms with van der Waals surface area (Å²) in [6.07, 6.45) is 3.25. The number of anilines is 1. The third-order valence-electron chi connectivity index (χ3n) is 11.7. The predicted octanol–water partition coefficient (Wildman–Crippen LogP) is 6.07. The average Bonchev–Trinajstić information content (AvgIpc) is 3.45. The quantitative estimate of drug-likeness (QED) is 0.196. The Kier molecular flexibility index (Phi) is 7.97. The molecule has 6 atom stereocenters. The second-order valence-electron chi connectivity index (χ2n) is 14.3. The number of para-hydroxylation sites is 1. The maximum Gasteiger partial charge on any atom is 0.258 e. The molecule has 2 aliphatic carbocycles. The summed E-state index contributed by atoms with van der Waals surface area (Å²) in [5.41, 5.74) is 2.76. The third kappa shape index (κ3) is 4.73. The van der Waals surface area contributed by atoms with Crippen LogP contribution in [0.25, 0.3) is 0 Å². The number of alkyl halides is 2. The summed E-state index contributed by atoms with van der Waals surface area (Å²) in [6, 6.07) is 19.9. The molecule has 11 heteroatoms. The smallest absolute Gasteiger partial charge is 0.258 e. The summed E-state index contributed by atoms with van der Waals surface area (Å²) >= 11 is 14.9. The van der Waals surface area contributed by atoms with Gasteiger partial charge in [0.15, 0.2) is 9.75 Å². The minimum Gasteiger partial charge on any atom is -0.507 e. The van der Waals surface area contributed by atoms with Gasteiger partial charge in [0.05, 0.1) is 17.5 Å². The number of carbonyl (C=O) groups is 4. The van der Waals surface area contributed by atoms with E-state index in [1.165, 1.54) is 22.6 Å². The molecule has 0 bridgehead atoms. The Morgan fingerprint density at radius 3 is 2.26 bits per heavy atom. The van der Waals surface area contributed by atoms with E-state index < -0.39 is 51.1 Å². The number of fused-ring (bicyclic) bond motifs is 4. The highest BCUT2D eigenvalue weighted by Crippen LogP contribution is 2.66. The summed E-state index contributed by atoms with van der Waals surface area (Å²) in [5.74, 6) is -6.00. The molecular formula is C39H36Cl2FN3O5. The number of aryl methyl sites for hydroxylation is 1. The minimum absolute atomic E-state index is 0.0987. The van der Waals surface area contributed by atoms with Gasteiger partial charge < -0.3 is 5.11 Å². The Balaban J connectivity index is 1.16. The van der Waals surface area contributed by atoms with Crippen molar-refractivity contribution in [2.24, 2.45) is 17.8 Å². The number of hydrogen-bond acceptors (Lipinski definition) is 6. The van der Waals surface area contributed by atoms with Crippen LogP contribution in [0.2, 0.25) is 0 Å². The number of phenolic OH excluding ortho intramolecular Hbond substituents is 1. The Hall–Kier alpha value is -4.05. The van der Waals surface area contributed by atoms with Gasteiger partial charge in [0, 0.05) is 37.2 Å². The number of rotatable bonds is 5. The molecule has 50 heavy (non-hydrogen) atoms. The van der Waals surface area contributed by atoms with Gasteiger partial charge >= 0.3 is 0 Å². The summed E-state index contributed by atoms with van der Waals surface area (Å²) in [6.45, 7) is 3.99. The molecule has 0 spiro atoms. The molecule has 3 aromatic carbocycles. The van der Waals surface area contributed by atoms with Crippen molar-refractivity contribution in [3.05, 3.63) is 107 Å². The molecule has 8 nitrogen and oxygen atoms in total. The van der Waals surface area contributed by atoms with Crippen LogP contribution in [0.5, 0.6) is 5.75 Å². The number of hydrogen-bond donors (Lipinski definition) is 1. The largest absolute Gasteiger partial charge is 0.507 e. The van der Waals surface area contributed by atoms with E-state index in [0.29, 0.717) is 29.5 Å². The van der Waals surface area contributed by atoms with E-state index in [9.17, 15) is 28.7 Å². The number of likely N-dealkylation sites (tertiary alicyclic amines) is 2. The minimum atomic E-state index is -2.10. The van der Waals surface area contributed by atoms with Crippen LogP contribution in [-0.4, -0.2) is 67.4 Å². The molecule has 0 radical (unpaired) electrons. The second kappa shape index (κ2) is 12.0. The Morgan fingerprint density at radius 2 is 1.56 bits per heavy atom. The molecule has 3 aliphatic heterocycles. The lowest BCUT2D eigenvalue weighted by molar-refractivity contribution is -0.144. The molecule has 3 heterocycles. The lowest BCUT2D eigenvalue weighted by Gasteiger charge is -2.50. The topological polar surface area (TPSA) is 98.2 Å². The fourth-order valence-electron chi connectivity index (χ4n) is 9.22. The molecule has 258 valence electrons. The maximum absolute atomic E-state index is 14.5. The van der Waals surface area contributed by atoms with Crippen molar-refractivity contribution < 1.29 is 28.7 Å². The van der Waals surface area contributed by atoms with Gasteiger partial charge in [-0.3, -0.25) is 29.0 Å². The van der Waals surface area contributed by atoms with Crippen molar-refractivity contribution in [3.63, 3.8) is 0 Å². The Labute approximate surface area is 299 Å². The zero-order valence-corrected chi connectivity index (χ0v) is 28.9. The summed E-state index contributed by atoms with van der Waals surface area (Å²) in [5, 5.41) is 11.4. The highest BCUT2D eigenvalue weighted by molar-refractivity contribution is 6.58. The summed E-state index contributed by atoms with van der Waals surface area (Å²) in [7, 11) is 0. The molecule has 3 saturated heterocycles. The number of carbonyl (C=O) groups excluding carboxylic acids is 4. The standard InChI is InChI=1S/C39H36Cl2FN3O5/c1-22-6-5-9-29(33(22)46)32-27-14-15-28-31(35(48)44(34(28)47)26-16-18-43(19-17-26)21-23-7-3-2-4-8-23)30(27)20-38(40)36(49)45(37(50)39(32,38)41)25-12-10-24(42)11-13-25/h2-14,26,28,30-32,46H,15-21H2,1H3. The van der Waals surface area contributed by atoms with Gasteiger partial charge in [0.2, 0.25) is 11.8 Å². The van der Waals surface area contributed by atoms with Crippen LogP contribution in [0.3, 0.4) is 0 Å². The number of amides is 4. The molecule has 8 rings (SSSR count). The van der Waals surface area contributed by atoms with Crippen molar-refractivity contribution in [2.45, 2.75) is 60.9 Å². The van der Waals surface area contributed by atoms with E-state index in [4.69, 9.17) is 23.2 Å². The van der Waals surface area contributed by atoms with E-state index >= 15 is 0 Å². The number of aromatic hydroxyl groups is 1. The lowest BCUT2D eigenvalue weighted by atomic mass is 9.56. The van der Waals surface area contributed by atoms with E-state index in [0.717, 1.165) is 36.7 Å². The third-order valence-corrected chi connectivity index (χ3v) is 13.1. The highest BCUT2D eigenvalue weighted by atomic mass is 35.5. The molecule has 4 fully saturated rings. The number of phenols is 1. The first-order valence-electron chi connectivity index (χ1n) is 17.1. The van der Waals surface area contributed by atoms with Gasteiger partial charge in [-0.2, -0.15) is 0 Å². The number of imide groups is 2. The molecule has 4 amide bonds. The van der Waals surface area contributed by atoms with Crippen LogP contribution < -0.4 is 4.90 Å². The first-order valence-corrected chi connectivity index (χ1v) is 17.8. The fourth-order valence-corrected chi connectivity index (χ4v) is 10.1. The van der Waals surface area contributed by atoms with Crippen molar-refractivity contribution in [1.82, 2.24) is 9.80 Å². The van der Waals surface area contributed by atoms with Gasteiger partial charge in [-0.25, -0.2) is 9.29 Å². The zero-order chi connectivity index (χ0) is 35.1. The van der Waals surface area contributed by atoms with E-state index in [2.05, 4.69) is 17.0 Å². The van der Waals surface area contributed by atoms with Gasteiger partial charge in [0.1, 0.15) is 11.6 Å². The first kappa shape index (κ1) is 33.1. The van der Waals surface area contributed by atoms with E-state index in [-0.39, 0.29) is 42.1 Å². The van der Waals surface area contributed by atoms with Crippen LogP contribution >= 0.6 is 23.2 Å². The molecular weight excluding hydrogens is 680 g/mol. The van der Waals surface area contributed by atoms with E-state index in [1.807, 2.05) is 24.3 Å². The van der Waals surface area contributed by atoms with Crippen molar-refractivity contribution in [2.75, 3.05) is 18.0 Å². The van der Waals surface area contributed by atoms with E-state index in [1.54, 1.807) is 25.1 Å². The second-order valence-corrected chi connectivity index (χ2v) is 15.5. The van der Waals surface area contributed by atoms with Crippen molar-refractivity contribution >= 4 is 52.5 Å². The number of nitrogens with zero attached hydrogens (tertiary/aromatic N) is 3. The van der Waals surface area contributed by atoms with Crippen molar-refractivity contribution in [3.8, 4) is 5.75 Å². The monoisotopic (exact) mass is 715 g/mol. The SMILES string of the molecule is Cc1cccc(C2C3=CCC4C(=O)N(C5CCN(Cc6ccccc6)CC5)C(=O)C4C3CC3(Cl)C(=O)N(c4ccc(F)cc4)C(=O)C23Cl)c1O. The summed E-state index contributed by atoms with van der Waals surface area (Å²) in [4.78, 5) is 58.1. The first-order chi connectivity index (χ1) is 24.0. The highest BCUT2D eigenvalue weighted by Gasteiger charge is 2.77. The zero-order valence-electron chi connectivity index (χ0n) is 27.4.